The molecular weight excluding hydrogens is 245 g/mol. The summed E-state index contributed by atoms with van der Waals surface area (Å²) in [6, 6.07) is 9.06. The largest absolute Gasteiger partial charge is 0.306 e. The van der Waals surface area contributed by atoms with Crippen LogP contribution in [0.3, 0.4) is 0 Å². The van der Waals surface area contributed by atoms with Crippen molar-refractivity contribution in [1.29, 1.82) is 0 Å². The average Bonchev–Trinajstić information content (AvgIpc) is 2.78. The van der Waals surface area contributed by atoms with Gasteiger partial charge in [-0.15, -0.1) is 11.3 Å². The van der Waals surface area contributed by atoms with Gasteiger partial charge in [0.25, 0.3) is 0 Å². The third-order valence-corrected chi connectivity index (χ3v) is 4.06. The summed E-state index contributed by atoms with van der Waals surface area (Å²) in [5.41, 5.74) is 1.95. The maximum absolute atomic E-state index is 14.0. The van der Waals surface area contributed by atoms with Crippen LogP contribution in [0.5, 0.6) is 0 Å². The van der Waals surface area contributed by atoms with Crippen LogP contribution in [0.4, 0.5) is 4.39 Å². The highest BCUT2D eigenvalue weighted by Gasteiger charge is 2.19. The van der Waals surface area contributed by atoms with Crippen LogP contribution in [0.1, 0.15) is 35.4 Å². The van der Waals surface area contributed by atoms with Crippen molar-refractivity contribution in [3.8, 4) is 0 Å². The van der Waals surface area contributed by atoms with Gasteiger partial charge in [-0.25, -0.2) is 4.39 Å². The molecule has 18 heavy (non-hydrogen) atoms. The van der Waals surface area contributed by atoms with Crippen LogP contribution in [0, 0.1) is 12.7 Å². The molecule has 0 aliphatic heterocycles. The number of rotatable bonds is 5. The molecule has 0 saturated heterocycles. The summed E-state index contributed by atoms with van der Waals surface area (Å²) in [4.78, 5) is 1.20. The van der Waals surface area contributed by atoms with Crippen LogP contribution >= 0.6 is 11.3 Å². The minimum Gasteiger partial charge on any atom is -0.306 e. The fourth-order valence-electron chi connectivity index (χ4n) is 2.02. The molecule has 96 valence electrons. The predicted molar refractivity (Wildman–Crippen MR) is 75.6 cm³/mol. The zero-order chi connectivity index (χ0) is 13.0. The Morgan fingerprint density at radius 3 is 2.67 bits per heavy atom. The van der Waals surface area contributed by atoms with Crippen molar-refractivity contribution in [2.75, 3.05) is 6.54 Å². The van der Waals surface area contributed by atoms with E-state index in [4.69, 9.17) is 0 Å². The zero-order valence-electron chi connectivity index (χ0n) is 10.7. The number of aryl methyl sites for hydroxylation is 1. The van der Waals surface area contributed by atoms with Gasteiger partial charge in [-0.2, -0.15) is 0 Å². The molecule has 1 unspecified atom stereocenters. The molecule has 2 rings (SSSR count). The lowest BCUT2D eigenvalue weighted by molar-refractivity contribution is 0.550. The fourth-order valence-corrected chi connectivity index (χ4v) is 3.04. The lowest BCUT2D eigenvalue weighted by atomic mass is 10.0. The highest BCUT2D eigenvalue weighted by Crippen LogP contribution is 2.30. The highest BCUT2D eigenvalue weighted by atomic mass is 32.1. The van der Waals surface area contributed by atoms with Crippen molar-refractivity contribution >= 4 is 11.3 Å². The lowest BCUT2D eigenvalue weighted by Gasteiger charge is -2.19. The maximum Gasteiger partial charge on any atom is 0.128 e. The number of thiophene rings is 1. The number of halogens is 1. The molecule has 0 aliphatic carbocycles. The summed E-state index contributed by atoms with van der Waals surface area (Å²) < 4.78 is 14.0. The minimum atomic E-state index is -0.140. The molecule has 0 amide bonds. The normalized spacial score (nSPS) is 12.6. The van der Waals surface area contributed by atoms with Crippen LogP contribution in [-0.4, -0.2) is 6.54 Å². The van der Waals surface area contributed by atoms with Gasteiger partial charge in [0.15, 0.2) is 0 Å². The van der Waals surface area contributed by atoms with E-state index in [1.54, 1.807) is 17.4 Å². The third kappa shape index (κ3) is 2.79. The zero-order valence-corrected chi connectivity index (χ0v) is 11.6. The smallest absolute Gasteiger partial charge is 0.128 e. The van der Waals surface area contributed by atoms with Gasteiger partial charge in [-0.1, -0.05) is 25.1 Å². The molecule has 1 N–H and O–H groups in total. The second-order valence-corrected chi connectivity index (χ2v) is 5.32. The first-order valence-electron chi connectivity index (χ1n) is 6.25. The number of benzene rings is 1. The van der Waals surface area contributed by atoms with Gasteiger partial charge in [-0.3, -0.25) is 0 Å². The lowest BCUT2D eigenvalue weighted by Crippen LogP contribution is -2.23. The van der Waals surface area contributed by atoms with Gasteiger partial charge < -0.3 is 5.32 Å². The SMILES string of the molecule is CCCNC(c1ccccc1F)c1sccc1C. The fraction of sp³-hybridized carbons (Fsp3) is 0.333. The second kappa shape index (κ2) is 6.12. The Kier molecular flexibility index (Phi) is 4.50. The van der Waals surface area contributed by atoms with Crippen molar-refractivity contribution in [2.24, 2.45) is 0 Å². The van der Waals surface area contributed by atoms with E-state index in [1.165, 1.54) is 16.5 Å². The predicted octanol–water partition coefficient (Wildman–Crippen LogP) is 4.28. The number of nitrogens with one attached hydrogen (secondary N) is 1. The summed E-state index contributed by atoms with van der Waals surface area (Å²) in [7, 11) is 0. The Bertz CT molecular complexity index is 507. The molecule has 1 aromatic carbocycles. The van der Waals surface area contributed by atoms with Gasteiger partial charge in [0.05, 0.1) is 6.04 Å². The van der Waals surface area contributed by atoms with Gasteiger partial charge in [0.1, 0.15) is 5.82 Å². The van der Waals surface area contributed by atoms with E-state index in [2.05, 4.69) is 30.6 Å². The van der Waals surface area contributed by atoms with Crippen molar-refractivity contribution in [3.05, 3.63) is 57.5 Å². The van der Waals surface area contributed by atoms with Gasteiger partial charge in [0.2, 0.25) is 0 Å². The van der Waals surface area contributed by atoms with Crippen LogP contribution in [-0.2, 0) is 0 Å². The molecule has 1 aromatic heterocycles. The van der Waals surface area contributed by atoms with E-state index in [0.29, 0.717) is 0 Å². The average molecular weight is 263 g/mol. The van der Waals surface area contributed by atoms with E-state index in [9.17, 15) is 4.39 Å². The molecule has 0 saturated carbocycles. The number of hydrogen-bond donors (Lipinski definition) is 1. The molecule has 0 aliphatic rings. The Balaban J connectivity index is 2.37. The first-order chi connectivity index (χ1) is 8.74. The van der Waals surface area contributed by atoms with E-state index in [0.717, 1.165) is 18.5 Å². The molecule has 0 fully saturated rings. The van der Waals surface area contributed by atoms with Crippen molar-refractivity contribution in [3.63, 3.8) is 0 Å². The maximum atomic E-state index is 14.0. The first-order valence-corrected chi connectivity index (χ1v) is 7.13. The highest BCUT2D eigenvalue weighted by molar-refractivity contribution is 7.10. The van der Waals surface area contributed by atoms with E-state index in [1.807, 2.05) is 12.1 Å². The van der Waals surface area contributed by atoms with E-state index >= 15 is 0 Å². The molecule has 1 nitrogen and oxygen atoms in total. The summed E-state index contributed by atoms with van der Waals surface area (Å²) in [6.45, 7) is 5.08. The van der Waals surface area contributed by atoms with Crippen LogP contribution in [0.15, 0.2) is 35.7 Å². The molecule has 0 spiro atoms. The van der Waals surface area contributed by atoms with E-state index < -0.39 is 0 Å². The van der Waals surface area contributed by atoms with E-state index in [-0.39, 0.29) is 11.9 Å². The summed E-state index contributed by atoms with van der Waals surface area (Å²) in [5, 5.41) is 5.50. The molecule has 2 aromatic rings. The Labute approximate surface area is 112 Å². The molecule has 3 heteroatoms. The molecular formula is C15H18FNS. The second-order valence-electron chi connectivity index (χ2n) is 4.38. The molecule has 0 bridgehead atoms. The summed E-state index contributed by atoms with van der Waals surface area (Å²) in [5.74, 6) is -0.140. The Morgan fingerprint density at radius 2 is 2.06 bits per heavy atom. The molecule has 1 heterocycles. The van der Waals surface area contributed by atoms with Crippen LogP contribution in [0.2, 0.25) is 0 Å². The summed E-state index contributed by atoms with van der Waals surface area (Å²) in [6.07, 6.45) is 1.04. The van der Waals surface area contributed by atoms with Gasteiger partial charge >= 0.3 is 0 Å². The topological polar surface area (TPSA) is 12.0 Å². The quantitative estimate of drug-likeness (QED) is 0.848. The number of hydrogen-bond acceptors (Lipinski definition) is 2. The van der Waals surface area contributed by atoms with Crippen LogP contribution < -0.4 is 5.32 Å². The van der Waals surface area contributed by atoms with Crippen molar-refractivity contribution in [2.45, 2.75) is 26.3 Å². The first kappa shape index (κ1) is 13.2. The molecule has 0 radical (unpaired) electrons. The molecule has 1 atom stereocenters. The van der Waals surface area contributed by atoms with Gasteiger partial charge in [-0.05, 0) is 43.0 Å². The monoisotopic (exact) mass is 263 g/mol. The minimum absolute atomic E-state index is 0.0360. The van der Waals surface area contributed by atoms with Crippen LogP contribution in [0.25, 0.3) is 0 Å². The standard InChI is InChI=1S/C15H18FNS/c1-3-9-17-14(15-11(2)8-10-18-15)12-6-4-5-7-13(12)16/h4-8,10,14,17H,3,9H2,1-2H3. The van der Waals surface area contributed by atoms with Gasteiger partial charge in [0, 0.05) is 10.4 Å². The Hall–Kier alpha value is -1.19. The van der Waals surface area contributed by atoms with Crippen molar-refractivity contribution in [1.82, 2.24) is 5.32 Å². The summed E-state index contributed by atoms with van der Waals surface area (Å²) >= 11 is 1.68. The Morgan fingerprint density at radius 1 is 1.28 bits per heavy atom. The van der Waals surface area contributed by atoms with Crippen molar-refractivity contribution < 1.29 is 4.39 Å². The third-order valence-electron chi connectivity index (χ3n) is 2.98.